The highest BCUT2D eigenvalue weighted by Crippen LogP contribution is 2.15. The monoisotopic (exact) mass is 274 g/mol. The molecule has 0 bridgehead atoms. The number of hydrogen-bond donors (Lipinski definition) is 3. The fourth-order valence-electron chi connectivity index (χ4n) is 2.39. The Morgan fingerprint density at radius 2 is 2.30 bits per heavy atom. The van der Waals surface area contributed by atoms with E-state index >= 15 is 0 Å². The van der Waals surface area contributed by atoms with Gasteiger partial charge in [-0.15, -0.1) is 5.10 Å². The molecule has 3 N–H and O–H groups in total. The Kier molecular flexibility index (Phi) is 3.27. The number of aryl methyl sites for hydroxylation is 1. The van der Waals surface area contributed by atoms with Crippen LogP contribution in [0.3, 0.4) is 0 Å². The number of pyridine rings is 1. The molecule has 2 aromatic heterocycles. The molecule has 0 radical (unpaired) electrons. The van der Waals surface area contributed by atoms with Gasteiger partial charge in [0, 0.05) is 43.6 Å². The van der Waals surface area contributed by atoms with Crippen LogP contribution in [0.1, 0.15) is 12.6 Å². The molecule has 3 heterocycles. The molecule has 1 aliphatic rings. The van der Waals surface area contributed by atoms with Crippen LogP contribution >= 0.6 is 0 Å². The first kappa shape index (κ1) is 12.9. The molecule has 7 nitrogen and oxygen atoms in total. The standard InChI is InChI=1S/C13H18N6O/c1-8-5-11(20)10(6-15-8)12-16-13(18-17-12)19-4-3-14-9(2)7-19/h5-6,9,14H,3-4,7H2,1-2H3,(H,15,20)(H,16,17,18)/t9-/m0/s1. The van der Waals surface area contributed by atoms with Crippen molar-refractivity contribution in [3.63, 3.8) is 0 Å². The van der Waals surface area contributed by atoms with Crippen LogP contribution in [0.2, 0.25) is 0 Å². The van der Waals surface area contributed by atoms with Crippen molar-refractivity contribution in [2.75, 3.05) is 24.5 Å². The van der Waals surface area contributed by atoms with Crippen LogP contribution in [0.25, 0.3) is 11.4 Å². The molecule has 1 saturated heterocycles. The molecule has 3 rings (SSSR count). The van der Waals surface area contributed by atoms with E-state index < -0.39 is 0 Å². The summed E-state index contributed by atoms with van der Waals surface area (Å²) < 4.78 is 0. The number of nitrogens with zero attached hydrogens (tertiary/aromatic N) is 3. The Balaban J connectivity index is 1.88. The lowest BCUT2D eigenvalue weighted by Crippen LogP contribution is -2.49. The minimum atomic E-state index is -0.0578. The molecule has 0 aromatic carbocycles. The number of hydrogen-bond acceptors (Lipinski definition) is 5. The van der Waals surface area contributed by atoms with E-state index in [2.05, 4.69) is 37.3 Å². The van der Waals surface area contributed by atoms with Gasteiger partial charge in [0.15, 0.2) is 11.3 Å². The lowest BCUT2D eigenvalue weighted by Gasteiger charge is -2.30. The van der Waals surface area contributed by atoms with E-state index in [4.69, 9.17) is 0 Å². The Morgan fingerprint density at radius 3 is 3.05 bits per heavy atom. The number of piperazine rings is 1. The summed E-state index contributed by atoms with van der Waals surface area (Å²) in [5, 5.41) is 10.4. The van der Waals surface area contributed by atoms with E-state index in [0.717, 1.165) is 25.3 Å². The fraction of sp³-hybridized carbons (Fsp3) is 0.462. The molecule has 0 saturated carbocycles. The zero-order valence-corrected chi connectivity index (χ0v) is 11.6. The minimum absolute atomic E-state index is 0.0578. The Bertz CT molecular complexity index is 661. The lowest BCUT2D eigenvalue weighted by molar-refractivity contribution is 0.480. The first-order valence-electron chi connectivity index (χ1n) is 6.74. The van der Waals surface area contributed by atoms with E-state index in [0.29, 0.717) is 23.4 Å². The first-order valence-corrected chi connectivity index (χ1v) is 6.74. The van der Waals surface area contributed by atoms with Crippen molar-refractivity contribution in [3.8, 4) is 11.4 Å². The highest BCUT2D eigenvalue weighted by atomic mass is 16.1. The smallest absolute Gasteiger partial charge is 0.245 e. The van der Waals surface area contributed by atoms with E-state index in [9.17, 15) is 4.79 Å². The zero-order chi connectivity index (χ0) is 14.1. The molecular formula is C13H18N6O. The maximum absolute atomic E-state index is 11.9. The molecule has 1 atom stereocenters. The van der Waals surface area contributed by atoms with E-state index in [1.54, 1.807) is 12.3 Å². The number of nitrogens with one attached hydrogen (secondary N) is 3. The topological polar surface area (TPSA) is 89.7 Å². The molecule has 0 aliphatic carbocycles. The van der Waals surface area contributed by atoms with E-state index in [1.807, 2.05) is 6.92 Å². The van der Waals surface area contributed by atoms with Crippen molar-refractivity contribution >= 4 is 5.95 Å². The highest BCUT2D eigenvalue weighted by molar-refractivity contribution is 5.55. The summed E-state index contributed by atoms with van der Waals surface area (Å²) in [6.07, 6.45) is 1.67. The SMILES string of the molecule is Cc1cc(=O)c(-c2nc(N3CCN[C@@H](C)C3)n[nH]2)c[nH]1. The van der Waals surface area contributed by atoms with Crippen LogP contribution in [-0.4, -0.2) is 45.8 Å². The predicted octanol–water partition coefficient (Wildman–Crippen LogP) is 0.267. The van der Waals surface area contributed by atoms with Gasteiger partial charge >= 0.3 is 0 Å². The van der Waals surface area contributed by atoms with Gasteiger partial charge < -0.3 is 15.2 Å². The summed E-state index contributed by atoms with van der Waals surface area (Å²) >= 11 is 0. The van der Waals surface area contributed by atoms with Gasteiger partial charge in [0.05, 0.1) is 5.56 Å². The van der Waals surface area contributed by atoms with E-state index in [-0.39, 0.29) is 5.43 Å². The van der Waals surface area contributed by atoms with Crippen LogP contribution in [0.5, 0.6) is 0 Å². The molecule has 7 heteroatoms. The number of aromatic nitrogens is 4. The Hall–Kier alpha value is -2.15. The summed E-state index contributed by atoms with van der Waals surface area (Å²) in [6, 6.07) is 1.97. The third kappa shape index (κ3) is 2.44. The lowest BCUT2D eigenvalue weighted by atomic mass is 10.2. The molecule has 1 fully saturated rings. The van der Waals surface area contributed by atoms with Crippen molar-refractivity contribution in [1.82, 2.24) is 25.5 Å². The van der Waals surface area contributed by atoms with Gasteiger partial charge in [-0.1, -0.05) is 0 Å². The third-order valence-electron chi connectivity index (χ3n) is 3.44. The summed E-state index contributed by atoms with van der Waals surface area (Å²) in [5.74, 6) is 1.15. The van der Waals surface area contributed by atoms with Crippen molar-refractivity contribution in [2.45, 2.75) is 19.9 Å². The maximum Gasteiger partial charge on any atom is 0.245 e. The first-order chi connectivity index (χ1) is 9.63. The number of anilines is 1. The molecule has 2 aromatic rings. The summed E-state index contributed by atoms with van der Waals surface area (Å²) in [4.78, 5) is 21.5. The van der Waals surface area contributed by atoms with Crippen LogP contribution < -0.4 is 15.6 Å². The molecular weight excluding hydrogens is 256 g/mol. The quantitative estimate of drug-likeness (QED) is 0.731. The minimum Gasteiger partial charge on any atom is -0.364 e. The summed E-state index contributed by atoms with van der Waals surface area (Å²) in [5.41, 5.74) is 1.28. The maximum atomic E-state index is 11.9. The van der Waals surface area contributed by atoms with Gasteiger partial charge in [0.1, 0.15) is 0 Å². The van der Waals surface area contributed by atoms with Crippen molar-refractivity contribution in [1.29, 1.82) is 0 Å². The van der Waals surface area contributed by atoms with Gasteiger partial charge in [0.2, 0.25) is 5.95 Å². The van der Waals surface area contributed by atoms with Crippen LogP contribution in [0.4, 0.5) is 5.95 Å². The zero-order valence-electron chi connectivity index (χ0n) is 11.6. The number of rotatable bonds is 2. The van der Waals surface area contributed by atoms with Crippen LogP contribution in [-0.2, 0) is 0 Å². The molecule has 0 amide bonds. The van der Waals surface area contributed by atoms with Crippen molar-refractivity contribution in [3.05, 3.63) is 28.2 Å². The molecule has 0 unspecified atom stereocenters. The second-order valence-corrected chi connectivity index (χ2v) is 5.18. The largest absolute Gasteiger partial charge is 0.364 e. The van der Waals surface area contributed by atoms with Crippen molar-refractivity contribution < 1.29 is 0 Å². The molecule has 106 valence electrons. The molecule has 1 aliphatic heterocycles. The predicted molar refractivity (Wildman–Crippen MR) is 76.9 cm³/mol. The van der Waals surface area contributed by atoms with Gasteiger partial charge in [0.25, 0.3) is 0 Å². The van der Waals surface area contributed by atoms with Crippen LogP contribution in [0.15, 0.2) is 17.1 Å². The second kappa shape index (κ2) is 5.09. The summed E-state index contributed by atoms with van der Waals surface area (Å²) in [6.45, 7) is 6.62. The van der Waals surface area contributed by atoms with Gasteiger partial charge in [-0.05, 0) is 13.8 Å². The summed E-state index contributed by atoms with van der Waals surface area (Å²) in [7, 11) is 0. The second-order valence-electron chi connectivity index (χ2n) is 5.18. The average Bonchev–Trinajstić information content (AvgIpc) is 2.88. The van der Waals surface area contributed by atoms with Gasteiger partial charge in [-0.2, -0.15) is 4.98 Å². The fourth-order valence-corrected chi connectivity index (χ4v) is 2.39. The average molecular weight is 274 g/mol. The normalized spacial score (nSPS) is 19.3. The number of H-pyrrole nitrogens is 2. The van der Waals surface area contributed by atoms with Gasteiger partial charge in [-0.3, -0.25) is 9.89 Å². The molecule has 0 spiro atoms. The van der Waals surface area contributed by atoms with Crippen LogP contribution in [0, 0.1) is 6.92 Å². The van der Waals surface area contributed by atoms with Crippen molar-refractivity contribution in [2.24, 2.45) is 0 Å². The van der Waals surface area contributed by atoms with Gasteiger partial charge in [-0.25, -0.2) is 0 Å². The highest BCUT2D eigenvalue weighted by Gasteiger charge is 2.20. The molecule has 20 heavy (non-hydrogen) atoms. The van der Waals surface area contributed by atoms with E-state index in [1.165, 1.54) is 0 Å². The third-order valence-corrected chi connectivity index (χ3v) is 3.44. The Labute approximate surface area is 116 Å². The number of aromatic amines is 2. The Morgan fingerprint density at radius 1 is 1.45 bits per heavy atom.